The van der Waals surface area contributed by atoms with Gasteiger partial charge in [0.15, 0.2) is 0 Å². The number of aromatic nitrogens is 2. The summed E-state index contributed by atoms with van der Waals surface area (Å²) in [5.74, 6) is 0.786. The Bertz CT molecular complexity index is 1260. The summed E-state index contributed by atoms with van der Waals surface area (Å²) in [5.41, 5.74) is 3.76. The zero-order valence-corrected chi connectivity index (χ0v) is 15.9. The van der Waals surface area contributed by atoms with Crippen LogP contribution >= 0.6 is 0 Å². The standard InChI is InChI=1S/C22H16FN5O2/c1-14-20(25-13-29)12-28-22(14)21(15(10-24)11-26-28)27-17-4-8-19(9-5-17)30-18-6-2-16(23)3-7-18/h2-9,11-13,27H,1H3,(H,25,29). The van der Waals surface area contributed by atoms with E-state index >= 15 is 0 Å². The summed E-state index contributed by atoms with van der Waals surface area (Å²) in [6, 6.07) is 15.0. The molecule has 0 radical (unpaired) electrons. The largest absolute Gasteiger partial charge is 0.457 e. The Labute approximate surface area is 171 Å². The summed E-state index contributed by atoms with van der Waals surface area (Å²) >= 11 is 0. The third-order valence-corrected chi connectivity index (χ3v) is 4.56. The Hall–Kier alpha value is -4.38. The maximum Gasteiger partial charge on any atom is 0.211 e. The molecule has 2 N–H and O–H groups in total. The fourth-order valence-corrected chi connectivity index (χ4v) is 3.10. The Balaban J connectivity index is 1.64. The molecule has 0 aliphatic heterocycles. The fraction of sp³-hybridized carbons (Fsp3) is 0.0455. The topological polar surface area (TPSA) is 91.5 Å². The number of rotatable bonds is 6. The molecule has 0 saturated carbocycles. The predicted molar refractivity (Wildman–Crippen MR) is 111 cm³/mol. The Morgan fingerprint density at radius 1 is 1.13 bits per heavy atom. The smallest absolute Gasteiger partial charge is 0.211 e. The van der Waals surface area contributed by atoms with Gasteiger partial charge in [-0.3, -0.25) is 4.79 Å². The van der Waals surface area contributed by atoms with Gasteiger partial charge in [-0.1, -0.05) is 0 Å². The number of hydrogen-bond donors (Lipinski definition) is 2. The number of hydrogen-bond acceptors (Lipinski definition) is 5. The van der Waals surface area contributed by atoms with Gasteiger partial charge >= 0.3 is 0 Å². The number of amides is 1. The van der Waals surface area contributed by atoms with E-state index in [0.717, 1.165) is 11.3 Å². The first-order valence-electron chi connectivity index (χ1n) is 9.01. The van der Waals surface area contributed by atoms with Crippen LogP contribution in [-0.4, -0.2) is 16.0 Å². The molecule has 0 spiro atoms. The lowest BCUT2D eigenvalue weighted by molar-refractivity contribution is -0.105. The van der Waals surface area contributed by atoms with Gasteiger partial charge < -0.3 is 15.4 Å². The fourth-order valence-electron chi connectivity index (χ4n) is 3.10. The number of nitrogens with zero attached hydrogens (tertiary/aromatic N) is 3. The van der Waals surface area contributed by atoms with Crippen molar-refractivity contribution >= 4 is 29.0 Å². The third kappa shape index (κ3) is 3.64. The molecular formula is C22H16FN5O2. The Morgan fingerprint density at radius 3 is 2.43 bits per heavy atom. The molecule has 0 aliphatic carbocycles. The van der Waals surface area contributed by atoms with E-state index in [-0.39, 0.29) is 5.82 Å². The highest BCUT2D eigenvalue weighted by atomic mass is 19.1. The first-order valence-corrected chi connectivity index (χ1v) is 9.01. The highest BCUT2D eigenvalue weighted by Gasteiger charge is 2.15. The molecule has 0 saturated heterocycles. The third-order valence-electron chi connectivity index (χ3n) is 4.56. The number of benzene rings is 2. The van der Waals surface area contributed by atoms with Crippen molar-refractivity contribution in [3.8, 4) is 17.6 Å². The van der Waals surface area contributed by atoms with Crippen LogP contribution in [0.5, 0.6) is 11.5 Å². The summed E-state index contributed by atoms with van der Waals surface area (Å²) in [4.78, 5) is 10.8. The average Bonchev–Trinajstić information content (AvgIpc) is 3.07. The zero-order chi connectivity index (χ0) is 21.1. The van der Waals surface area contributed by atoms with Crippen molar-refractivity contribution in [1.82, 2.24) is 9.61 Å². The summed E-state index contributed by atoms with van der Waals surface area (Å²) in [6.45, 7) is 1.84. The molecule has 2 heterocycles. The lowest BCUT2D eigenvalue weighted by Gasteiger charge is -2.12. The number of aryl methyl sites for hydroxylation is 1. The van der Waals surface area contributed by atoms with Crippen LogP contribution in [0.3, 0.4) is 0 Å². The van der Waals surface area contributed by atoms with Crippen molar-refractivity contribution in [3.63, 3.8) is 0 Å². The van der Waals surface area contributed by atoms with E-state index in [1.807, 2.05) is 6.92 Å². The van der Waals surface area contributed by atoms with E-state index in [4.69, 9.17) is 4.74 Å². The lowest BCUT2D eigenvalue weighted by Crippen LogP contribution is -2.00. The van der Waals surface area contributed by atoms with E-state index in [2.05, 4.69) is 21.8 Å². The van der Waals surface area contributed by atoms with E-state index in [9.17, 15) is 14.4 Å². The van der Waals surface area contributed by atoms with Gasteiger partial charge in [-0.25, -0.2) is 8.91 Å². The summed E-state index contributed by atoms with van der Waals surface area (Å²) in [7, 11) is 0. The van der Waals surface area contributed by atoms with Crippen LogP contribution in [0, 0.1) is 24.1 Å². The minimum atomic E-state index is -0.328. The molecule has 2 aromatic heterocycles. The Morgan fingerprint density at radius 2 is 1.80 bits per heavy atom. The lowest BCUT2D eigenvalue weighted by atomic mass is 10.1. The molecule has 7 nitrogen and oxygen atoms in total. The van der Waals surface area contributed by atoms with E-state index in [1.54, 1.807) is 47.1 Å². The number of halogens is 1. The summed E-state index contributed by atoms with van der Waals surface area (Å²) in [6.07, 6.45) is 3.75. The monoisotopic (exact) mass is 401 g/mol. The molecule has 4 rings (SSSR count). The molecule has 8 heteroatoms. The van der Waals surface area contributed by atoms with Gasteiger partial charge in [0.1, 0.15) is 23.4 Å². The summed E-state index contributed by atoms with van der Waals surface area (Å²) < 4.78 is 20.3. The molecule has 4 aromatic rings. The minimum Gasteiger partial charge on any atom is -0.457 e. The highest BCUT2D eigenvalue weighted by Crippen LogP contribution is 2.32. The van der Waals surface area contributed by atoms with Crippen LogP contribution in [-0.2, 0) is 4.79 Å². The minimum absolute atomic E-state index is 0.328. The zero-order valence-electron chi connectivity index (χ0n) is 15.9. The molecule has 0 fully saturated rings. The SMILES string of the molecule is Cc1c(NC=O)cn2ncc(C#N)c(Nc3ccc(Oc4ccc(F)cc4)cc3)c12. The van der Waals surface area contributed by atoms with E-state index < -0.39 is 0 Å². The van der Waals surface area contributed by atoms with E-state index in [1.165, 1.54) is 18.3 Å². The first-order chi connectivity index (χ1) is 14.6. The van der Waals surface area contributed by atoms with Gasteiger partial charge in [-0.05, 0) is 55.5 Å². The molecule has 30 heavy (non-hydrogen) atoms. The predicted octanol–water partition coefficient (Wildman–Crippen LogP) is 4.76. The number of ether oxygens (including phenoxy) is 1. The second kappa shape index (κ2) is 7.93. The molecule has 1 amide bonds. The van der Waals surface area contributed by atoms with Crippen LogP contribution in [0.4, 0.5) is 21.5 Å². The quantitative estimate of drug-likeness (QED) is 0.455. The molecule has 148 valence electrons. The van der Waals surface area contributed by atoms with Crippen molar-refractivity contribution < 1.29 is 13.9 Å². The number of nitrogens with one attached hydrogen (secondary N) is 2. The molecule has 0 aliphatic rings. The van der Waals surface area contributed by atoms with Crippen LogP contribution in [0.2, 0.25) is 0 Å². The van der Waals surface area contributed by atoms with Crippen LogP contribution in [0.1, 0.15) is 11.1 Å². The maximum atomic E-state index is 13.0. The number of carbonyl (C=O) groups is 1. The van der Waals surface area contributed by atoms with Gasteiger partial charge in [0.2, 0.25) is 6.41 Å². The molecule has 0 unspecified atom stereocenters. The summed E-state index contributed by atoms with van der Waals surface area (Å²) in [5, 5.41) is 19.7. The highest BCUT2D eigenvalue weighted by molar-refractivity contribution is 5.89. The van der Waals surface area contributed by atoms with Crippen molar-refractivity contribution in [1.29, 1.82) is 5.26 Å². The van der Waals surface area contributed by atoms with Crippen molar-refractivity contribution in [2.45, 2.75) is 6.92 Å². The molecule has 0 atom stereocenters. The van der Waals surface area contributed by atoms with Crippen molar-refractivity contribution in [2.24, 2.45) is 0 Å². The first kappa shape index (κ1) is 19.0. The number of nitriles is 1. The van der Waals surface area contributed by atoms with Gasteiger partial charge in [0, 0.05) is 11.3 Å². The maximum absolute atomic E-state index is 13.0. The van der Waals surface area contributed by atoms with Gasteiger partial charge in [-0.2, -0.15) is 10.4 Å². The van der Waals surface area contributed by atoms with Crippen LogP contribution in [0.25, 0.3) is 5.52 Å². The van der Waals surface area contributed by atoms with Crippen LogP contribution in [0.15, 0.2) is 60.9 Å². The molecule has 0 bridgehead atoms. The van der Waals surface area contributed by atoms with Gasteiger partial charge in [0.25, 0.3) is 0 Å². The molecule has 2 aromatic carbocycles. The van der Waals surface area contributed by atoms with Crippen LogP contribution < -0.4 is 15.4 Å². The second-order valence-electron chi connectivity index (χ2n) is 6.47. The van der Waals surface area contributed by atoms with Crippen molar-refractivity contribution in [3.05, 3.63) is 77.9 Å². The second-order valence-corrected chi connectivity index (χ2v) is 6.47. The van der Waals surface area contributed by atoms with E-state index in [0.29, 0.717) is 40.4 Å². The average molecular weight is 401 g/mol. The number of carbonyl (C=O) groups excluding carboxylic acids is 1. The van der Waals surface area contributed by atoms with Gasteiger partial charge in [-0.15, -0.1) is 0 Å². The molecular weight excluding hydrogens is 385 g/mol. The number of fused-ring (bicyclic) bond motifs is 1. The van der Waals surface area contributed by atoms with Gasteiger partial charge in [0.05, 0.1) is 34.8 Å². The normalized spacial score (nSPS) is 10.4. The Kier molecular flexibility index (Phi) is 5.01. The van der Waals surface area contributed by atoms with Crippen molar-refractivity contribution in [2.75, 3.05) is 10.6 Å². The number of anilines is 3.